The van der Waals surface area contributed by atoms with E-state index in [-0.39, 0.29) is 18.3 Å². The van der Waals surface area contributed by atoms with Crippen molar-refractivity contribution in [2.45, 2.75) is 27.7 Å². The molecule has 0 saturated carbocycles. The summed E-state index contributed by atoms with van der Waals surface area (Å²) in [7, 11) is 0. The van der Waals surface area contributed by atoms with E-state index in [2.05, 4.69) is 0 Å². The van der Waals surface area contributed by atoms with Crippen LogP contribution in [0.2, 0.25) is 0 Å². The molecule has 1 rings (SSSR count). The van der Waals surface area contributed by atoms with Crippen molar-refractivity contribution in [2.75, 3.05) is 6.61 Å². The molecule has 0 radical (unpaired) electrons. The normalized spacial score (nSPS) is 10.5. The zero-order chi connectivity index (χ0) is 11.4. The van der Waals surface area contributed by atoms with Crippen molar-refractivity contribution < 1.29 is 9.53 Å². The molecule has 0 amide bonds. The summed E-state index contributed by atoms with van der Waals surface area (Å²) in [5.41, 5.74) is 2.29. The van der Waals surface area contributed by atoms with Crippen LogP contribution >= 0.6 is 0 Å². The van der Waals surface area contributed by atoms with Crippen LogP contribution in [-0.2, 0) is 4.79 Å². The summed E-state index contributed by atoms with van der Waals surface area (Å²) in [6.45, 7) is 7.97. The number of rotatable bonds is 4. The summed E-state index contributed by atoms with van der Waals surface area (Å²) in [6, 6.07) is 5.87. The summed E-state index contributed by atoms with van der Waals surface area (Å²) in [6.07, 6.45) is 0. The Morgan fingerprint density at radius 3 is 2.60 bits per heavy atom. The van der Waals surface area contributed by atoms with Gasteiger partial charge in [0.05, 0.1) is 0 Å². The summed E-state index contributed by atoms with van der Waals surface area (Å²) in [4.78, 5) is 11.4. The minimum absolute atomic E-state index is 0.0371. The van der Waals surface area contributed by atoms with Gasteiger partial charge in [0.25, 0.3) is 0 Å². The monoisotopic (exact) mass is 206 g/mol. The molecular formula is C13H18O2. The number of hydrogen-bond acceptors (Lipinski definition) is 2. The van der Waals surface area contributed by atoms with Gasteiger partial charge < -0.3 is 4.74 Å². The van der Waals surface area contributed by atoms with E-state index in [1.807, 2.05) is 45.9 Å². The average molecular weight is 206 g/mol. The van der Waals surface area contributed by atoms with Gasteiger partial charge in [-0.2, -0.15) is 0 Å². The number of hydrogen-bond donors (Lipinski definition) is 0. The van der Waals surface area contributed by atoms with Crippen molar-refractivity contribution in [3.63, 3.8) is 0 Å². The number of benzene rings is 1. The molecule has 2 nitrogen and oxygen atoms in total. The molecule has 2 heteroatoms. The fourth-order valence-corrected chi connectivity index (χ4v) is 1.20. The first-order valence-corrected chi connectivity index (χ1v) is 5.24. The van der Waals surface area contributed by atoms with Crippen molar-refractivity contribution in [3.05, 3.63) is 29.3 Å². The molecule has 0 N–H and O–H groups in total. The Hall–Kier alpha value is -1.31. The highest BCUT2D eigenvalue weighted by atomic mass is 16.5. The molecule has 15 heavy (non-hydrogen) atoms. The van der Waals surface area contributed by atoms with Gasteiger partial charge in [-0.05, 0) is 31.0 Å². The quantitative estimate of drug-likeness (QED) is 0.757. The average Bonchev–Trinajstić information content (AvgIpc) is 2.19. The van der Waals surface area contributed by atoms with E-state index in [0.717, 1.165) is 11.3 Å². The number of Topliss-reactive ketones (excluding diaryl/α,β-unsaturated/α-hetero) is 1. The molecule has 0 heterocycles. The first-order chi connectivity index (χ1) is 7.02. The second kappa shape index (κ2) is 4.96. The summed E-state index contributed by atoms with van der Waals surface area (Å²) < 4.78 is 5.49. The van der Waals surface area contributed by atoms with E-state index < -0.39 is 0 Å². The third kappa shape index (κ3) is 3.08. The third-order valence-electron chi connectivity index (χ3n) is 2.57. The number of carbonyl (C=O) groups is 1. The third-order valence-corrected chi connectivity index (χ3v) is 2.57. The van der Waals surface area contributed by atoms with Crippen LogP contribution in [0.4, 0.5) is 0 Å². The SMILES string of the molecule is Cc1cccc(OCC(=O)C(C)C)c1C. The van der Waals surface area contributed by atoms with Gasteiger partial charge in [0, 0.05) is 5.92 Å². The highest BCUT2D eigenvalue weighted by Crippen LogP contribution is 2.20. The van der Waals surface area contributed by atoms with E-state index in [1.165, 1.54) is 5.56 Å². The Labute approximate surface area is 91.3 Å². The lowest BCUT2D eigenvalue weighted by Gasteiger charge is -2.11. The zero-order valence-electron chi connectivity index (χ0n) is 9.83. The van der Waals surface area contributed by atoms with Gasteiger partial charge in [-0.1, -0.05) is 26.0 Å². The fourth-order valence-electron chi connectivity index (χ4n) is 1.20. The Morgan fingerprint density at radius 1 is 1.33 bits per heavy atom. The Bertz CT molecular complexity index is 354. The first kappa shape index (κ1) is 11.8. The smallest absolute Gasteiger partial charge is 0.172 e. The van der Waals surface area contributed by atoms with Crippen LogP contribution in [0, 0.1) is 19.8 Å². The second-order valence-electron chi connectivity index (χ2n) is 4.11. The fraction of sp³-hybridized carbons (Fsp3) is 0.462. The maximum absolute atomic E-state index is 11.4. The number of ether oxygens (including phenoxy) is 1. The molecule has 0 unspecified atom stereocenters. The van der Waals surface area contributed by atoms with Gasteiger partial charge in [-0.3, -0.25) is 4.79 Å². The first-order valence-electron chi connectivity index (χ1n) is 5.24. The largest absolute Gasteiger partial charge is 0.486 e. The van der Waals surface area contributed by atoms with Crippen molar-refractivity contribution in [2.24, 2.45) is 5.92 Å². The highest BCUT2D eigenvalue weighted by molar-refractivity contribution is 5.81. The molecule has 1 aromatic carbocycles. The van der Waals surface area contributed by atoms with E-state index in [9.17, 15) is 4.79 Å². The van der Waals surface area contributed by atoms with Gasteiger partial charge in [-0.15, -0.1) is 0 Å². The van der Waals surface area contributed by atoms with Gasteiger partial charge in [0.1, 0.15) is 12.4 Å². The molecule has 0 atom stereocenters. The van der Waals surface area contributed by atoms with Crippen molar-refractivity contribution in [3.8, 4) is 5.75 Å². The second-order valence-corrected chi connectivity index (χ2v) is 4.11. The highest BCUT2D eigenvalue weighted by Gasteiger charge is 2.09. The van der Waals surface area contributed by atoms with Gasteiger partial charge in [0.2, 0.25) is 0 Å². The Kier molecular flexibility index (Phi) is 3.89. The van der Waals surface area contributed by atoms with Gasteiger partial charge >= 0.3 is 0 Å². The topological polar surface area (TPSA) is 26.3 Å². The van der Waals surface area contributed by atoms with Crippen LogP contribution in [0.1, 0.15) is 25.0 Å². The van der Waals surface area contributed by atoms with E-state index in [4.69, 9.17) is 4.74 Å². The van der Waals surface area contributed by atoms with Gasteiger partial charge in [0.15, 0.2) is 5.78 Å². The maximum Gasteiger partial charge on any atom is 0.172 e. The van der Waals surface area contributed by atoms with Crippen LogP contribution in [0.25, 0.3) is 0 Å². The molecule has 0 spiro atoms. The molecule has 0 aliphatic rings. The lowest BCUT2D eigenvalue weighted by Crippen LogP contribution is -2.17. The van der Waals surface area contributed by atoms with Crippen molar-refractivity contribution in [1.82, 2.24) is 0 Å². The number of carbonyl (C=O) groups excluding carboxylic acids is 1. The van der Waals surface area contributed by atoms with Crippen LogP contribution in [0.3, 0.4) is 0 Å². The minimum Gasteiger partial charge on any atom is -0.486 e. The molecule has 0 aliphatic heterocycles. The summed E-state index contributed by atoms with van der Waals surface area (Å²) in [5, 5.41) is 0. The van der Waals surface area contributed by atoms with E-state index in [0.29, 0.717) is 0 Å². The molecule has 0 fully saturated rings. The Balaban J connectivity index is 2.66. The molecule has 82 valence electrons. The van der Waals surface area contributed by atoms with E-state index in [1.54, 1.807) is 0 Å². The number of aryl methyl sites for hydroxylation is 1. The molecule has 0 aromatic heterocycles. The molecule has 0 aliphatic carbocycles. The van der Waals surface area contributed by atoms with Crippen LogP contribution in [0.15, 0.2) is 18.2 Å². The van der Waals surface area contributed by atoms with Crippen molar-refractivity contribution >= 4 is 5.78 Å². The van der Waals surface area contributed by atoms with Crippen LogP contribution < -0.4 is 4.74 Å². The zero-order valence-corrected chi connectivity index (χ0v) is 9.83. The lowest BCUT2D eigenvalue weighted by molar-refractivity contribution is -0.123. The minimum atomic E-state index is 0.0371. The van der Waals surface area contributed by atoms with Crippen molar-refractivity contribution in [1.29, 1.82) is 0 Å². The maximum atomic E-state index is 11.4. The van der Waals surface area contributed by atoms with Gasteiger partial charge in [-0.25, -0.2) is 0 Å². The summed E-state index contributed by atoms with van der Waals surface area (Å²) >= 11 is 0. The lowest BCUT2D eigenvalue weighted by atomic mass is 10.1. The van der Waals surface area contributed by atoms with Crippen LogP contribution in [-0.4, -0.2) is 12.4 Å². The Morgan fingerprint density at radius 2 is 2.00 bits per heavy atom. The standard InChI is InChI=1S/C13H18O2/c1-9(2)12(14)8-15-13-7-5-6-10(3)11(13)4/h5-7,9H,8H2,1-4H3. The predicted molar refractivity (Wildman–Crippen MR) is 61.3 cm³/mol. The molecule has 0 bridgehead atoms. The molecule has 1 aromatic rings. The molecule has 0 saturated heterocycles. The molecular weight excluding hydrogens is 188 g/mol. The number of ketones is 1. The summed E-state index contributed by atoms with van der Waals surface area (Å²) in [5.74, 6) is 0.982. The van der Waals surface area contributed by atoms with E-state index >= 15 is 0 Å². The van der Waals surface area contributed by atoms with Crippen LogP contribution in [0.5, 0.6) is 5.75 Å². The predicted octanol–water partition coefficient (Wildman–Crippen LogP) is 2.91.